The molecule has 0 bridgehead atoms. The first kappa shape index (κ1) is 13.8. The van der Waals surface area contributed by atoms with Crippen molar-refractivity contribution in [1.82, 2.24) is 5.32 Å². The van der Waals surface area contributed by atoms with Crippen LogP contribution in [0.1, 0.15) is 6.42 Å². The molecule has 0 saturated carbocycles. The molecule has 1 unspecified atom stereocenters. The molecule has 0 aliphatic heterocycles. The molecular formula is C9H21NO4. The predicted molar refractivity (Wildman–Crippen MR) is 53.3 cm³/mol. The van der Waals surface area contributed by atoms with Crippen LogP contribution in [0.3, 0.4) is 0 Å². The maximum atomic E-state index is 9.26. The first-order valence-electron chi connectivity index (χ1n) is 4.87. The molecule has 0 spiro atoms. The molecule has 0 fully saturated rings. The van der Waals surface area contributed by atoms with Crippen LogP contribution < -0.4 is 5.32 Å². The maximum Gasteiger partial charge on any atom is 0.0785 e. The molecule has 86 valence electrons. The van der Waals surface area contributed by atoms with Crippen LogP contribution in [0.15, 0.2) is 0 Å². The Bertz CT molecular complexity index is 113. The normalized spacial score (nSPS) is 13.1. The Morgan fingerprint density at radius 1 is 1.29 bits per heavy atom. The molecule has 5 nitrogen and oxygen atoms in total. The van der Waals surface area contributed by atoms with Gasteiger partial charge < -0.3 is 25.0 Å². The van der Waals surface area contributed by atoms with Crippen LogP contribution in [0.5, 0.6) is 0 Å². The summed E-state index contributed by atoms with van der Waals surface area (Å²) in [6.07, 6.45) is 0.277. The van der Waals surface area contributed by atoms with Crippen molar-refractivity contribution in [3.8, 4) is 0 Å². The number of nitrogens with one attached hydrogen (secondary N) is 1. The van der Waals surface area contributed by atoms with Crippen molar-refractivity contribution < 1.29 is 19.7 Å². The van der Waals surface area contributed by atoms with Crippen LogP contribution in [0.4, 0.5) is 0 Å². The fourth-order valence-electron chi connectivity index (χ4n) is 0.980. The Morgan fingerprint density at radius 3 is 2.71 bits per heavy atom. The van der Waals surface area contributed by atoms with E-state index in [-0.39, 0.29) is 6.61 Å². The summed E-state index contributed by atoms with van der Waals surface area (Å²) in [5.74, 6) is 0. The van der Waals surface area contributed by atoms with Gasteiger partial charge in [0.2, 0.25) is 0 Å². The number of aliphatic hydroxyl groups is 2. The SMILES string of the molecule is COCC(O)CCNCCOCCO. The molecule has 0 aliphatic rings. The Labute approximate surface area is 85.0 Å². The summed E-state index contributed by atoms with van der Waals surface area (Å²) in [5.41, 5.74) is 0. The van der Waals surface area contributed by atoms with E-state index in [4.69, 9.17) is 14.6 Å². The van der Waals surface area contributed by atoms with E-state index in [1.54, 1.807) is 7.11 Å². The van der Waals surface area contributed by atoms with Crippen molar-refractivity contribution in [2.24, 2.45) is 0 Å². The number of methoxy groups -OCH3 is 1. The molecule has 1 atom stereocenters. The smallest absolute Gasteiger partial charge is 0.0785 e. The zero-order chi connectivity index (χ0) is 10.6. The van der Waals surface area contributed by atoms with Gasteiger partial charge in [-0.2, -0.15) is 0 Å². The summed E-state index contributed by atoms with van der Waals surface area (Å²) in [7, 11) is 1.57. The van der Waals surface area contributed by atoms with Gasteiger partial charge in [0.25, 0.3) is 0 Å². The van der Waals surface area contributed by atoms with E-state index in [2.05, 4.69) is 5.32 Å². The highest BCUT2D eigenvalue weighted by Gasteiger charge is 2.01. The standard InChI is InChI=1S/C9H21NO4/c1-13-8-9(12)2-3-10-4-6-14-7-5-11/h9-12H,2-8H2,1H3. The molecule has 0 amide bonds. The van der Waals surface area contributed by atoms with Crippen LogP contribution in [-0.4, -0.2) is 62.9 Å². The lowest BCUT2D eigenvalue weighted by Gasteiger charge is -2.09. The van der Waals surface area contributed by atoms with Crippen molar-refractivity contribution in [2.75, 3.05) is 46.6 Å². The van der Waals surface area contributed by atoms with Gasteiger partial charge in [-0.25, -0.2) is 0 Å². The minimum Gasteiger partial charge on any atom is -0.394 e. The van der Waals surface area contributed by atoms with Crippen molar-refractivity contribution in [3.05, 3.63) is 0 Å². The fourth-order valence-corrected chi connectivity index (χ4v) is 0.980. The number of hydrogen-bond acceptors (Lipinski definition) is 5. The van der Waals surface area contributed by atoms with Gasteiger partial charge in [0.1, 0.15) is 0 Å². The molecule has 14 heavy (non-hydrogen) atoms. The lowest BCUT2D eigenvalue weighted by atomic mass is 10.3. The molecule has 0 saturated heterocycles. The summed E-state index contributed by atoms with van der Waals surface area (Å²) < 4.78 is 9.82. The third-order valence-electron chi connectivity index (χ3n) is 1.67. The van der Waals surface area contributed by atoms with Crippen LogP contribution in [-0.2, 0) is 9.47 Å². The van der Waals surface area contributed by atoms with E-state index < -0.39 is 6.10 Å². The first-order chi connectivity index (χ1) is 6.81. The zero-order valence-electron chi connectivity index (χ0n) is 8.74. The molecule has 3 N–H and O–H groups in total. The highest BCUT2D eigenvalue weighted by atomic mass is 16.5. The average molecular weight is 207 g/mol. The van der Waals surface area contributed by atoms with E-state index in [0.717, 1.165) is 13.1 Å². The van der Waals surface area contributed by atoms with Gasteiger partial charge in [0, 0.05) is 13.7 Å². The summed E-state index contributed by atoms with van der Waals surface area (Å²) in [6, 6.07) is 0. The van der Waals surface area contributed by atoms with Gasteiger partial charge in [-0.3, -0.25) is 0 Å². The monoisotopic (exact) mass is 207 g/mol. The lowest BCUT2D eigenvalue weighted by Crippen LogP contribution is -2.26. The number of hydrogen-bond donors (Lipinski definition) is 3. The van der Waals surface area contributed by atoms with Crippen LogP contribution >= 0.6 is 0 Å². The van der Waals surface area contributed by atoms with E-state index >= 15 is 0 Å². The third-order valence-corrected chi connectivity index (χ3v) is 1.67. The molecule has 0 radical (unpaired) electrons. The minimum absolute atomic E-state index is 0.0621. The molecule has 5 heteroatoms. The summed E-state index contributed by atoms with van der Waals surface area (Å²) in [5, 5.41) is 20.8. The Kier molecular flexibility index (Phi) is 10.7. The van der Waals surface area contributed by atoms with Gasteiger partial charge >= 0.3 is 0 Å². The fraction of sp³-hybridized carbons (Fsp3) is 1.00. The van der Waals surface area contributed by atoms with Gasteiger partial charge in [-0.1, -0.05) is 0 Å². The quantitative estimate of drug-likeness (QED) is 0.400. The molecular weight excluding hydrogens is 186 g/mol. The number of aliphatic hydroxyl groups excluding tert-OH is 2. The number of ether oxygens (including phenoxy) is 2. The average Bonchev–Trinajstić information content (AvgIpc) is 2.17. The topological polar surface area (TPSA) is 71.0 Å². The van der Waals surface area contributed by atoms with E-state index in [1.807, 2.05) is 0 Å². The van der Waals surface area contributed by atoms with Gasteiger partial charge in [0.05, 0.1) is 32.5 Å². The third kappa shape index (κ3) is 9.88. The van der Waals surface area contributed by atoms with Crippen molar-refractivity contribution in [3.63, 3.8) is 0 Å². The highest BCUT2D eigenvalue weighted by Crippen LogP contribution is 1.89. The predicted octanol–water partition coefficient (Wildman–Crippen LogP) is -1.02. The van der Waals surface area contributed by atoms with Crippen LogP contribution in [0.25, 0.3) is 0 Å². The van der Waals surface area contributed by atoms with Gasteiger partial charge in [0.15, 0.2) is 0 Å². The second-order valence-corrected chi connectivity index (χ2v) is 2.98. The van der Waals surface area contributed by atoms with Crippen molar-refractivity contribution in [1.29, 1.82) is 0 Å². The maximum absolute atomic E-state index is 9.26. The van der Waals surface area contributed by atoms with Gasteiger partial charge in [-0.15, -0.1) is 0 Å². The zero-order valence-corrected chi connectivity index (χ0v) is 8.74. The summed E-state index contributed by atoms with van der Waals surface area (Å²) in [6.45, 7) is 2.89. The molecule has 0 aromatic heterocycles. The number of rotatable bonds is 10. The summed E-state index contributed by atoms with van der Waals surface area (Å²) >= 11 is 0. The van der Waals surface area contributed by atoms with Crippen molar-refractivity contribution in [2.45, 2.75) is 12.5 Å². The Morgan fingerprint density at radius 2 is 2.07 bits per heavy atom. The summed E-state index contributed by atoms with van der Waals surface area (Å²) in [4.78, 5) is 0. The van der Waals surface area contributed by atoms with E-state index in [0.29, 0.717) is 26.2 Å². The van der Waals surface area contributed by atoms with Crippen LogP contribution in [0, 0.1) is 0 Å². The molecule has 0 rings (SSSR count). The second kappa shape index (κ2) is 10.9. The molecule has 0 aromatic carbocycles. The molecule has 0 heterocycles. The highest BCUT2D eigenvalue weighted by molar-refractivity contribution is 4.56. The largest absolute Gasteiger partial charge is 0.394 e. The van der Waals surface area contributed by atoms with E-state index in [1.165, 1.54) is 0 Å². The lowest BCUT2D eigenvalue weighted by molar-refractivity contribution is 0.0583. The van der Waals surface area contributed by atoms with Crippen LogP contribution in [0.2, 0.25) is 0 Å². The van der Waals surface area contributed by atoms with Crippen molar-refractivity contribution >= 4 is 0 Å². The first-order valence-corrected chi connectivity index (χ1v) is 4.87. The minimum atomic E-state index is -0.397. The molecule has 0 aliphatic carbocycles. The second-order valence-electron chi connectivity index (χ2n) is 2.98. The Hall–Kier alpha value is -0.200. The molecule has 0 aromatic rings. The van der Waals surface area contributed by atoms with Gasteiger partial charge in [-0.05, 0) is 13.0 Å². The van der Waals surface area contributed by atoms with E-state index in [9.17, 15) is 5.11 Å². The Balaban J connectivity index is 2.98.